The highest BCUT2D eigenvalue weighted by Gasteiger charge is 2.29. The van der Waals surface area contributed by atoms with Gasteiger partial charge in [-0.25, -0.2) is 0 Å². The van der Waals surface area contributed by atoms with E-state index in [1.165, 1.54) is 5.69 Å². The first-order valence-electron chi connectivity index (χ1n) is 8.70. The van der Waals surface area contributed by atoms with Gasteiger partial charge in [0.1, 0.15) is 6.10 Å². The summed E-state index contributed by atoms with van der Waals surface area (Å²) in [6.45, 7) is 6.11. The number of aromatic nitrogens is 4. The fourth-order valence-corrected chi connectivity index (χ4v) is 3.24. The van der Waals surface area contributed by atoms with Crippen molar-refractivity contribution < 1.29 is 9.47 Å². The quantitative estimate of drug-likeness (QED) is 0.803. The van der Waals surface area contributed by atoms with E-state index in [1.807, 2.05) is 28.0 Å². The van der Waals surface area contributed by atoms with Crippen LogP contribution in [0.25, 0.3) is 0 Å². The zero-order valence-electron chi connectivity index (χ0n) is 14.5. The number of ether oxygens (including phenoxy) is 2. The molecule has 7 heteroatoms. The van der Waals surface area contributed by atoms with Crippen LogP contribution in [0.5, 0.6) is 0 Å². The molecular formula is C17H27N5O2. The van der Waals surface area contributed by atoms with Gasteiger partial charge >= 0.3 is 0 Å². The first-order valence-corrected chi connectivity index (χ1v) is 8.70. The Labute approximate surface area is 142 Å². The van der Waals surface area contributed by atoms with E-state index >= 15 is 0 Å². The van der Waals surface area contributed by atoms with Crippen molar-refractivity contribution in [3.8, 4) is 0 Å². The predicted octanol–water partition coefficient (Wildman–Crippen LogP) is 2.33. The highest BCUT2D eigenvalue weighted by Crippen LogP contribution is 2.33. The van der Waals surface area contributed by atoms with Crippen LogP contribution >= 0.6 is 0 Å². The Hall–Kier alpha value is -1.86. The highest BCUT2D eigenvalue weighted by atomic mass is 16.5. The smallest absolute Gasteiger partial charge is 0.104 e. The maximum absolute atomic E-state index is 6.09. The molecular weight excluding hydrogens is 306 g/mol. The lowest BCUT2D eigenvalue weighted by Gasteiger charge is -2.32. The molecule has 0 unspecified atom stereocenters. The fourth-order valence-electron chi connectivity index (χ4n) is 3.24. The minimum atomic E-state index is 0.109. The first kappa shape index (κ1) is 17.0. The molecule has 0 aromatic carbocycles. The normalized spacial score (nSPS) is 21.1. The van der Waals surface area contributed by atoms with Crippen LogP contribution < -0.4 is 5.32 Å². The van der Waals surface area contributed by atoms with Gasteiger partial charge in [-0.05, 0) is 25.8 Å². The number of aryl methyl sites for hydroxylation is 1. The SMILES string of the molecule is CCn1nccc1[C@@H]1OCCC[C@H]1CNc1cnn(CCOC)c1. The molecule has 0 aliphatic carbocycles. The lowest BCUT2D eigenvalue weighted by molar-refractivity contribution is -0.0288. The molecule has 1 N–H and O–H groups in total. The van der Waals surface area contributed by atoms with Gasteiger partial charge < -0.3 is 14.8 Å². The van der Waals surface area contributed by atoms with Crippen molar-refractivity contribution in [2.45, 2.75) is 39.0 Å². The topological polar surface area (TPSA) is 66.1 Å². The van der Waals surface area contributed by atoms with Crippen LogP contribution in [0.2, 0.25) is 0 Å². The molecule has 0 spiro atoms. The summed E-state index contributed by atoms with van der Waals surface area (Å²) in [5, 5.41) is 12.2. The second-order valence-electron chi connectivity index (χ2n) is 6.13. The van der Waals surface area contributed by atoms with Crippen LogP contribution in [0, 0.1) is 5.92 Å². The van der Waals surface area contributed by atoms with Crippen LogP contribution in [0.15, 0.2) is 24.7 Å². The monoisotopic (exact) mass is 333 g/mol. The van der Waals surface area contributed by atoms with Crippen molar-refractivity contribution in [2.24, 2.45) is 5.92 Å². The zero-order valence-corrected chi connectivity index (χ0v) is 14.5. The van der Waals surface area contributed by atoms with Crippen LogP contribution in [0.3, 0.4) is 0 Å². The summed E-state index contributed by atoms with van der Waals surface area (Å²) in [6.07, 6.45) is 8.12. The minimum Gasteiger partial charge on any atom is -0.383 e. The molecule has 2 atom stereocenters. The number of nitrogens with zero attached hydrogens (tertiary/aromatic N) is 4. The lowest BCUT2D eigenvalue weighted by atomic mass is 9.92. The Kier molecular flexibility index (Phi) is 5.87. The maximum Gasteiger partial charge on any atom is 0.104 e. The summed E-state index contributed by atoms with van der Waals surface area (Å²) in [7, 11) is 1.70. The lowest BCUT2D eigenvalue weighted by Crippen LogP contribution is -2.29. The van der Waals surface area contributed by atoms with Crippen LogP contribution in [0.4, 0.5) is 5.69 Å². The molecule has 7 nitrogen and oxygen atoms in total. The summed E-state index contributed by atoms with van der Waals surface area (Å²) in [5.74, 6) is 0.433. The van der Waals surface area contributed by atoms with Gasteiger partial charge in [-0.3, -0.25) is 9.36 Å². The molecule has 0 radical (unpaired) electrons. The van der Waals surface area contributed by atoms with Crippen molar-refractivity contribution >= 4 is 5.69 Å². The summed E-state index contributed by atoms with van der Waals surface area (Å²) in [6, 6.07) is 2.08. The fraction of sp³-hybridized carbons (Fsp3) is 0.647. The number of anilines is 1. The van der Waals surface area contributed by atoms with E-state index in [2.05, 4.69) is 28.5 Å². The molecule has 0 bridgehead atoms. The van der Waals surface area contributed by atoms with E-state index < -0.39 is 0 Å². The molecule has 3 rings (SSSR count). The zero-order chi connectivity index (χ0) is 16.8. The van der Waals surface area contributed by atoms with Crippen molar-refractivity contribution in [1.29, 1.82) is 0 Å². The number of nitrogens with one attached hydrogen (secondary N) is 1. The van der Waals surface area contributed by atoms with Gasteiger partial charge in [0.15, 0.2) is 0 Å². The van der Waals surface area contributed by atoms with Crippen LogP contribution in [-0.4, -0.2) is 46.4 Å². The van der Waals surface area contributed by atoms with Crippen LogP contribution in [-0.2, 0) is 22.6 Å². The third kappa shape index (κ3) is 3.96. The molecule has 2 aromatic heterocycles. The summed E-state index contributed by atoms with van der Waals surface area (Å²) in [4.78, 5) is 0. The Morgan fingerprint density at radius 2 is 2.33 bits per heavy atom. The molecule has 3 heterocycles. The highest BCUT2D eigenvalue weighted by molar-refractivity contribution is 5.38. The van der Waals surface area contributed by atoms with Crippen molar-refractivity contribution in [3.05, 3.63) is 30.4 Å². The van der Waals surface area contributed by atoms with Gasteiger partial charge in [-0.15, -0.1) is 0 Å². The standard InChI is InChI=1S/C17H27N5O2/c1-3-22-16(6-7-19-22)17-14(5-4-9-24-17)11-18-15-12-20-21(13-15)8-10-23-2/h6-7,12-14,17-18H,3-5,8-11H2,1-2H3/t14-,17+/m0/s1. The number of methoxy groups -OCH3 is 1. The molecule has 1 saturated heterocycles. The molecule has 1 fully saturated rings. The van der Waals surface area contributed by atoms with Crippen LogP contribution in [0.1, 0.15) is 31.6 Å². The third-order valence-corrected chi connectivity index (χ3v) is 4.51. The first-order chi connectivity index (χ1) is 11.8. The largest absolute Gasteiger partial charge is 0.383 e. The predicted molar refractivity (Wildman–Crippen MR) is 91.9 cm³/mol. The van der Waals surface area contributed by atoms with Gasteiger partial charge in [0.05, 0.1) is 30.7 Å². The van der Waals surface area contributed by atoms with Gasteiger partial charge in [-0.1, -0.05) is 0 Å². The Balaban J connectivity index is 1.61. The van der Waals surface area contributed by atoms with E-state index in [0.717, 1.165) is 44.8 Å². The van der Waals surface area contributed by atoms with Gasteiger partial charge in [0.25, 0.3) is 0 Å². The van der Waals surface area contributed by atoms with E-state index in [-0.39, 0.29) is 6.10 Å². The average Bonchev–Trinajstić information content (AvgIpc) is 3.27. The van der Waals surface area contributed by atoms with E-state index in [0.29, 0.717) is 12.5 Å². The van der Waals surface area contributed by atoms with Crippen molar-refractivity contribution in [1.82, 2.24) is 19.6 Å². The summed E-state index contributed by atoms with van der Waals surface area (Å²) in [5.41, 5.74) is 2.22. The van der Waals surface area contributed by atoms with Gasteiger partial charge in [-0.2, -0.15) is 10.2 Å². The molecule has 1 aliphatic heterocycles. The molecule has 0 amide bonds. The maximum atomic E-state index is 6.09. The number of hydrogen-bond acceptors (Lipinski definition) is 5. The molecule has 24 heavy (non-hydrogen) atoms. The molecule has 132 valence electrons. The second kappa shape index (κ2) is 8.30. The number of rotatable bonds is 8. The summed E-state index contributed by atoms with van der Waals surface area (Å²) < 4.78 is 15.1. The van der Waals surface area contributed by atoms with E-state index in [4.69, 9.17) is 9.47 Å². The summed E-state index contributed by atoms with van der Waals surface area (Å²) >= 11 is 0. The van der Waals surface area contributed by atoms with Gasteiger partial charge in [0, 0.05) is 45.1 Å². The molecule has 0 saturated carbocycles. The minimum absolute atomic E-state index is 0.109. The number of hydrogen-bond donors (Lipinski definition) is 1. The second-order valence-corrected chi connectivity index (χ2v) is 6.13. The van der Waals surface area contributed by atoms with Gasteiger partial charge in [0.2, 0.25) is 0 Å². The van der Waals surface area contributed by atoms with E-state index in [9.17, 15) is 0 Å². The van der Waals surface area contributed by atoms with E-state index in [1.54, 1.807) is 7.11 Å². The van der Waals surface area contributed by atoms with Crippen molar-refractivity contribution in [3.63, 3.8) is 0 Å². The molecule has 2 aromatic rings. The van der Waals surface area contributed by atoms with Crippen molar-refractivity contribution in [2.75, 3.05) is 32.2 Å². The average molecular weight is 333 g/mol. The Morgan fingerprint density at radius 1 is 1.42 bits per heavy atom. The molecule has 1 aliphatic rings. The Bertz CT molecular complexity index is 624. The Morgan fingerprint density at radius 3 is 3.17 bits per heavy atom. The third-order valence-electron chi connectivity index (χ3n) is 4.51.